The van der Waals surface area contributed by atoms with E-state index in [2.05, 4.69) is 33.8 Å². The van der Waals surface area contributed by atoms with Crippen LogP contribution in [0.15, 0.2) is 11.6 Å². The zero-order valence-electron chi connectivity index (χ0n) is 8.85. The molecule has 1 heteroatoms. The van der Waals surface area contributed by atoms with Gasteiger partial charge in [-0.15, -0.1) is 0 Å². The molecule has 0 rings (SSSR count). The number of aliphatic hydroxyl groups is 1. The molecule has 0 bridgehead atoms. The maximum atomic E-state index is 8.79. The van der Waals surface area contributed by atoms with Crippen molar-refractivity contribution >= 4 is 0 Å². The van der Waals surface area contributed by atoms with Crippen molar-refractivity contribution in [2.45, 2.75) is 47.0 Å². The summed E-state index contributed by atoms with van der Waals surface area (Å²) < 4.78 is 0. The molecule has 12 heavy (non-hydrogen) atoms. The smallest absolute Gasteiger partial charge is 0.0436 e. The molecule has 1 nitrogen and oxygen atoms in total. The molecule has 0 atom stereocenters. The van der Waals surface area contributed by atoms with E-state index in [1.807, 2.05) is 0 Å². The molecule has 0 heterocycles. The molecule has 0 aliphatic rings. The van der Waals surface area contributed by atoms with Crippen LogP contribution in [0.5, 0.6) is 0 Å². The first kappa shape index (κ1) is 11.7. The van der Waals surface area contributed by atoms with Crippen LogP contribution < -0.4 is 0 Å². The van der Waals surface area contributed by atoms with Crippen molar-refractivity contribution < 1.29 is 5.11 Å². The van der Waals surface area contributed by atoms with Crippen LogP contribution in [0.2, 0.25) is 0 Å². The van der Waals surface area contributed by atoms with E-state index in [1.165, 1.54) is 12.0 Å². The lowest BCUT2D eigenvalue weighted by atomic mass is 9.84. The van der Waals surface area contributed by atoms with Gasteiger partial charge >= 0.3 is 0 Å². The predicted octanol–water partition coefficient (Wildman–Crippen LogP) is 3.14. The minimum atomic E-state index is 0.292. The zero-order chi connectivity index (χ0) is 9.61. The van der Waals surface area contributed by atoms with Gasteiger partial charge in [0.25, 0.3) is 0 Å². The van der Waals surface area contributed by atoms with Crippen LogP contribution in [0.3, 0.4) is 0 Å². The molecule has 72 valence electrons. The maximum absolute atomic E-state index is 8.79. The number of rotatable bonds is 5. The normalized spacial score (nSPS) is 11.4. The van der Waals surface area contributed by atoms with Crippen molar-refractivity contribution in [1.82, 2.24) is 0 Å². The van der Waals surface area contributed by atoms with Crippen LogP contribution in [0.25, 0.3) is 0 Å². The van der Waals surface area contributed by atoms with Gasteiger partial charge in [0.2, 0.25) is 0 Å². The highest BCUT2D eigenvalue weighted by molar-refractivity contribution is 4.93. The molecule has 0 amide bonds. The average molecular weight is 170 g/mol. The molecule has 0 aromatic heterocycles. The number of allylic oxidation sites excluding steroid dienone is 2. The summed E-state index contributed by atoms with van der Waals surface area (Å²) in [7, 11) is 0. The fourth-order valence-electron chi connectivity index (χ4n) is 1.18. The van der Waals surface area contributed by atoms with Crippen molar-refractivity contribution in [3.8, 4) is 0 Å². The van der Waals surface area contributed by atoms with Crippen LogP contribution in [0.1, 0.15) is 47.0 Å². The molecule has 0 unspecified atom stereocenters. The second-order valence-electron chi connectivity index (χ2n) is 4.46. The highest BCUT2D eigenvalue weighted by atomic mass is 16.3. The summed E-state index contributed by atoms with van der Waals surface area (Å²) in [6.45, 7) is 8.98. The van der Waals surface area contributed by atoms with Gasteiger partial charge in [0.05, 0.1) is 0 Å². The molecule has 0 saturated heterocycles. The molecule has 0 aromatic rings. The first-order valence-corrected chi connectivity index (χ1v) is 4.72. The summed E-state index contributed by atoms with van der Waals surface area (Å²) in [4.78, 5) is 0. The lowest BCUT2D eigenvalue weighted by Gasteiger charge is -2.22. The molecular weight excluding hydrogens is 148 g/mol. The van der Waals surface area contributed by atoms with Crippen molar-refractivity contribution in [2.75, 3.05) is 6.61 Å². The Balaban J connectivity index is 3.68. The second-order valence-corrected chi connectivity index (χ2v) is 4.46. The highest BCUT2D eigenvalue weighted by Gasteiger charge is 2.15. The van der Waals surface area contributed by atoms with E-state index in [0.29, 0.717) is 12.0 Å². The van der Waals surface area contributed by atoms with Gasteiger partial charge < -0.3 is 5.11 Å². The number of hydrogen-bond donors (Lipinski definition) is 1. The lowest BCUT2D eigenvalue weighted by molar-refractivity contribution is 0.203. The van der Waals surface area contributed by atoms with Crippen molar-refractivity contribution in [2.24, 2.45) is 5.41 Å². The Kier molecular flexibility index (Phi) is 5.23. The van der Waals surface area contributed by atoms with Crippen LogP contribution in [-0.4, -0.2) is 11.7 Å². The van der Waals surface area contributed by atoms with Gasteiger partial charge in [0.1, 0.15) is 0 Å². The average Bonchev–Trinajstić information content (AvgIpc) is 1.85. The molecule has 0 radical (unpaired) electrons. The molecule has 0 spiro atoms. The van der Waals surface area contributed by atoms with Crippen molar-refractivity contribution in [1.29, 1.82) is 0 Å². The van der Waals surface area contributed by atoms with E-state index < -0.39 is 0 Å². The topological polar surface area (TPSA) is 20.2 Å². The molecule has 0 aromatic carbocycles. The number of hydrogen-bond acceptors (Lipinski definition) is 1. The van der Waals surface area contributed by atoms with E-state index >= 15 is 0 Å². The van der Waals surface area contributed by atoms with E-state index in [-0.39, 0.29) is 0 Å². The Morgan fingerprint density at radius 2 is 1.83 bits per heavy atom. The van der Waals surface area contributed by atoms with Crippen LogP contribution in [0, 0.1) is 5.41 Å². The monoisotopic (exact) mass is 170 g/mol. The summed E-state index contributed by atoms with van der Waals surface area (Å²) in [6, 6.07) is 0. The van der Waals surface area contributed by atoms with Gasteiger partial charge in [-0.3, -0.25) is 0 Å². The minimum Gasteiger partial charge on any atom is -0.396 e. The second kappa shape index (κ2) is 5.36. The largest absolute Gasteiger partial charge is 0.396 e. The Morgan fingerprint density at radius 3 is 2.25 bits per heavy atom. The SMILES string of the molecule is CC(C)=CCCC(C)(C)CCO. The van der Waals surface area contributed by atoms with E-state index in [9.17, 15) is 0 Å². The maximum Gasteiger partial charge on any atom is 0.0436 e. The molecular formula is C11H22O. The van der Waals surface area contributed by atoms with Gasteiger partial charge in [-0.1, -0.05) is 25.5 Å². The Labute approximate surface area is 76.5 Å². The summed E-state index contributed by atoms with van der Waals surface area (Å²) in [6.07, 6.45) is 5.47. The zero-order valence-corrected chi connectivity index (χ0v) is 8.85. The Morgan fingerprint density at radius 1 is 1.25 bits per heavy atom. The Bertz CT molecular complexity index is 141. The third-order valence-electron chi connectivity index (χ3n) is 2.16. The third kappa shape index (κ3) is 6.41. The van der Waals surface area contributed by atoms with E-state index in [0.717, 1.165) is 12.8 Å². The van der Waals surface area contributed by atoms with Gasteiger partial charge in [-0.05, 0) is 38.5 Å². The van der Waals surface area contributed by atoms with Gasteiger partial charge in [-0.25, -0.2) is 0 Å². The first-order chi connectivity index (χ1) is 5.48. The summed E-state index contributed by atoms with van der Waals surface area (Å²) in [5.74, 6) is 0. The summed E-state index contributed by atoms with van der Waals surface area (Å²) in [5, 5.41) is 8.79. The fourth-order valence-corrected chi connectivity index (χ4v) is 1.18. The third-order valence-corrected chi connectivity index (χ3v) is 2.16. The quantitative estimate of drug-likeness (QED) is 0.628. The molecule has 0 saturated carbocycles. The predicted molar refractivity (Wildman–Crippen MR) is 54.1 cm³/mol. The summed E-state index contributed by atoms with van der Waals surface area (Å²) in [5.41, 5.74) is 1.68. The molecule has 0 aliphatic heterocycles. The standard InChI is InChI=1S/C11H22O/c1-10(2)6-5-7-11(3,4)8-9-12/h6,12H,5,7-9H2,1-4H3. The molecule has 1 N–H and O–H groups in total. The van der Waals surface area contributed by atoms with Crippen molar-refractivity contribution in [3.63, 3.8) is 0 Å². The highest BCUT2D eigenvalue weighted by Crippen LogP contribution is 2.26. The van der Waals surface area contributed by atoms with Gasteiger partial charge in [0.15, 0.2) is 0 Å². The van der Waals surface area contributed by atoms with Crippen molar-refractivity contribution in [3.05, 3.63) is 11.6 Å². The molecule has 0 aliphatic carbocycles. The lowest BCUT2D eigenvalue weighted by Crippen LogP contribution is -2.12. The van der Waals surface area contributed by atoms with E-state index in [1.54, 1.807) is 0 Å². The molecule has 0 fully saturated rings. The summed E-state index contributed by atoms with van der Waals surface area (Å²) >= 11 is 0. The Hall–Kier alpha value is -0.300. The van der Waals surface area contributed by atoms with Gasteiger partial charge in [-0.2, -0.15) is 0 Å². The fraction of sp³-hybridized carbons (Fsp3) is 0.818. The van der Waals surface area contributed by atoms with E-state index in [4.69, 9.17) is 5.11 Å². The van der Waals surface area contributed by atoms with Gasteiger partial charge in [0, 0.05) is 6.61 Å². The first-order valence-electron chi connectivity index (χ1n) is 4.72. The minimum absolute atomic E-state index is 0.292. The van der Waals surface area contributed by atoms with Crippen LogP contribution >= 0.6 is 0 Å². The van der Waals surface area contributed by atoms with Crippen LogP contribution in [0.4, 0.5) is 0 Å². The van der Waals surface area contributed by atoms with Crippen LogP contribution in [-0.2, 0) is 0 Å². The number of aliphatic hydroxyl groups excluding tert-OH is 1.